The van der Waals surface area contributed by atoms with Crippen LogP contribution in [0.25, 0.3) is 17.0 Å². The molecule has 0 saturated carbocycles. The molecular formula is C21H20F2N4O3S. The van der Waals surface area contributed by atoms with Crippen molar-refractivity contribution in [3.63, 3.8) is 0 Å². The van der Waals surface area contributed by atoms with Crippen molar-refractivity contribution in [2.45, 2.75) is 26.5 Å². The third-order valence-electron chi connectivity index (χ3n) is 4.10. The number of thiazole rings is 1. The van der Waals surface area contributed by atoms with Gasteiger partial charge in [0.25, 0.3) is 5.69 Å². The van der Waals surface area contributed by atoms with E-state index in [4.69, 9.17) is 0 Å². The summed E-state index contributed by atoms with van der Waals surface area (Å²) in [7, 11) is 0. The second-order valence-electron chi connectivity index (χ2n) is 6.76. The lowest BCUT2D eigenvalue weighted by molar-refractivity contribution is -0.384. The fourth-order valence-corrected chi connectivity index (χ4v) is 3.72. The molecule has 0 saturated heterocycles. The zero-order valence-corrected chi connectivity index (χ0v) is 17.6. The first kappa shape index (κ1) is 22.2. The van der Waals surface area contributed by atoms with E-state index in [1.807, 2.05) is 19.2 Å². The molecule has 0 bridgehead atoms. The molecule has 10 heteroatoms. The van der Waals surface area contributed by atoms with E-state index in [2.05, 4.69) is 21.7 Å². The van der Waals surface area contributed by atoms with Gasteiger partial charge in [0.2, 0.25) is 4.80 Å². The molecule has 1 heterocycles. The van der Waals surface area contributed by atoms with Crippen molar-refractivity contribution in [1.29, 1.82) is 0 Å². The van der Waals surface area contributed by atoms with Crippen molar-refractivity contribution >= 4 is 22.7 Å². The van der Waals surface area contributed by atoms with E-state index in [1.165, 1.54) is 35.6 Å². The number of hydrogen-bond donors (Lipinski definition) is 1. The van der Waals surface area contributed by atoms with Crippen LogP contribution in [0.2, 0.25) is 0 Å². The van der Waals surface area contributed by atoms with Crippen molar-refractivity contribution in [2.75, 3.05) is 5.43 Å². The molecule has 0 aliphatic carbocycles. The Hall–Kier alpha value is -3.53. The topological polar surface area (TPSA) is 81.7 Å². The summed E-state index contributed by atoms with van der Waals surface area (Å²) in [6.07, 6.45) is 0. The van der Waals surface area contributed by atoms with Crippen molar-refractivity contribution in [2.24, 2.45) is 4.99 Å². The molecule has 1 aromatic heterocycles. The maximum Gasteiger partial charge on any atom is 0.387 e. The van der Waals surface area contributed by atoms with Crippen molar-refractivity contribution in [3.05, 3.63) is 81.0 Å². The highest BCUT2D eigenvalue weighted by Gasteiger charge is 2.13. The first-order chi connectivity index (χ1) is 14.7. The van der Waals surface area contributed by atoms with Gasteiger partial charge in [-0.2, -0.15) is 8.78 Å². The number of nitrogens with zero attached hydrogens (tertiary/aromatic N) is 3. The molecule has 7 nitrogen and oxygen atoms in total. The second kappa shape index (κ2) is 9.52. The molecule has 162 valence electrons. The number of nitro groups is 1. The Kier molecular flexibility index (Phi) is 6.81. The van der Waals surface area contributed by atoms with Crippen LogP contribution in [-0.4, -0.2) is 22.3 Å². The van der Waals surface area contributed by atoms with E-state index in [0.717, 1.165) is 11.3 Å². The number of rotatable bonds is 8. The monoisotopic (exact) mass is 446 g/mol. The Balaban J connectivity index is 1.98. The normalized spacial score (nSPS) is 11.7. The number of halogens is 2. The van der Waals surface area contributed by atoms with Crippen molar-refractivity contribution in [1.82, 2.24) is 4.68 Å². The SMILES string of the molecule is C=C(Nn1c(-c2ccc(OC(F)F)cc2)csc1=NC(C)C)c1cccc([N+](=O)[O-])c1. The van der Waals surface area contributed by atoms with E-state index in [0.29, 0.717) is 16.1 Å². The van der Waals surface area contributed by atoms with Crippen LogP contribution in [-0.2, 0) is 0 Å². The number of nitro benzene ring substituents is 1. The minimum absolute atomic E-state index is 0.0208. The van der Waals surface area contributed by atoms with Gasteiger partial charge in [0.05, 0.1) is 16.3 Å². The van der Waals surface area contributed by atoms with Crippen LogP contribution in [0.1, 0.15) is 19.4 Å². The standard InChI is InChI=1S/C21H20F2N4O3S/c1-13(2)24-21-26(25-14(3)16-5-4-6-17(11-16)27(28)29)19(12-31-21)15-7-9-18(10-8-15)30-20(22)23/h4-13,20,25H,3H2,1-2H3. The molecule has 0 atom stereocenters. The Bertz CT molecular complexity index is 1150. The summed E-state index contributed by atoms with van der Waals surface area (Å²) >= 11 is 1.39. The Labute approximate surface area is 181 Å². The predicted octanol–water partition coefficient (Wildman–Crippen LogP) is 5.25. The van der Waals surface area contributed by atoms with Gasteiger partial charge in [-0.1, -0.05) is 18.7 Å². The fourth-order valence-electron chi connectivity index (χ4n) is 2.75. The molecule has 1 N–H and O–H groups in total. The summed E-state index contributed by atoms with van der Waals surface area (Å²) in [5.74, 6) is 0.0570. The summed E-state index contributed by atoms with van der Waals surface area (Å²) in [4.78, 5) is 15.9. The highest BCUT2D eigenvalue weighted by molar-refractivity contribution is 7.07. The van der Waals surface area contributed by atoms with Crippen LogP contribution in [0.4, 0.5) is 14.5 Å². The minimum atomic E-state index is -2.90. The minimum Gasteiger partial charge on any atom is -0.435 e. The van der Waals surface area contributed by atoms with Crippen LogP contribution >= 0.6 is 11.3 Å². The molecule has 3 rings (SSSR count). The van der Waals surface area contributed by atoms with Gasteiger partial charge in [-0.3, -0.25) is 20.5 Å². The molecule has 0 radical (unpaired) electrons. The van der Waals surface area contributed by atoms with Gasteiger partial charge < -0.3 is 4.74 Å². The average molecular weight is 446 g/mol. The molecule has 0 unspecified atom stereocenters. The predicted molar refractivity (Wildman–Crippen MR) is 117 cm³/mol. The molecule has 0 aliphatic rings. The van der Waals surface area contributed by atoms with Gasteiger partial charge in [0, 0.05) is 34.7 Å². The number of nitrogens with one attached hydrogen (secondary N) is 1. The van der Waals surface area contributed by atoms with Gasteiger partial charge >= 0.3 is 6.61 Å². The van der Waals surface area contributed by atoms with E-state index >= 15 is 0 Å². The molecule has 0 aliphatic heterocycles. The summed E-state index contributed by atoms with van der Waals surface area (Å²) in [5.41, 5.74) is 5.56. The first-order valence-corrected chi connectivity index (χ1v) is 10.1. The van der Waals surface area contributed by atoms with Gasteiger partial charge in [-0.25, -0.2) is 4.68 Å². The lowest BCUT2D eigenvalue weighted by Crippen LogP contribution is -2.26. The van der Waals surface area contributed by atoms with Gasteiger partial charge in [-0.05, 0) is 38.1 Å². The fraction of sp³-hybridized carbons (Fsp3) is 0.190. The smallest absolute Gasteiger partial charge is 0.387 e. The third kappa shape index (κ3) is 5.54. The Morgan fingerprint density at radius 3 is 2.58 bits per heavy atom. The highest BCUT2D eigenvalue weighted by Crippen LogP contribution is 2.25. The number of alkyl halides is 2. The van der Waals surface area contributed by atoms with Crippen molar-refractivity contribution in [3.8, 4) is 17.0 Å². The number of non-ortho nitro benzene ring substituents is 1. The van der Waals surface area contributed by atoms with Crippen LogP contribution < -0.4 is 15.0 Å². The zero-order valence-electron chi connectivity index (χ0n) is 16.8. The summed E-state index contributed by atoms with van der Waals surface area (Å²) in [6.45, 7) is 4.99. The Morgan fingerprint density at radius 2 is 1.97 bits per heavy atom. The maximum atomic E-state index is 12.4. The zero-order chi connectivity index (χ0) is 22.5. The van der Waals surface area contributed by atoms with E-state index < -0.39 is 11.5 Å². The van der Waals surface area contributed by atoms with Crippen LogP contribution in [0.15, 0.2) is 65.5 Å². The highest BCUT2D eigenvalue weighted by atomic mass is 32.1. The van der Waals surface area contributed by atoms with Crippen LogP contribution in [0.5, 0.6) is 5.75 Å². The number of ether oxygens (including phenoxy) is 1. The van der Waals surface area contributed by atoms with E-state index in [9.17, 15) is 18.9 Å². The molecule has 0 fully saturated rings. The summed E-state index contributed by atoms with van der Waals surface area (Å²) in [6, 6.07) is 12.4. The molecule has 3 aromatic rings. The van der Waals surface area contributed by atoms with Crippen molar-refractivity contribution < 1.29 is 18.4 Å². The quantitative estimate of drug-likeness (QED) is 0.379. The molecule has 31 heavy (non-hydrogen) atoms. The second-order valence-corrected chi connectivity index (χ2v) is 7.60. The molecular weight excluding hydrogens is 426 g/mol. The third-order valence-corrected chi connectivity index (χ3v) is 4.94. The number of benzene rings is 2. The lowest BCUT2D eigenvalue weighted by atomic mass is 10.1. The largest absolute Gasteiger partial charge is 0.435 e. The van der Waals surface area contributed by atoms with Crippen LogP contribution in [0, 0.1) is 10.1 Å². The Morgan fingerprint density at radius 1 is 1.26 bits per heavy atom. The summed E-state index contributed by atoms with van der Waals surface area (Å²) in [5, 5.41) is 13.0. The lowest BCUT2D eigenvalue weighted by Gasteiger charge is -2.15. The molecule has 0 spiro atoms. The van der Waals surface area contributed by atoms with Gasteiger partial charge in [0.1, 0.15) is 5.75 Å². The molecule has 0 amide bonds. The van der Waals surface area contributed by atoms with E-state index in [-0.39, 0.29) is 17.5 Å². The first-order valence-electron chi connectivity index (χ1n) is 9.25. The van der Waals surface area contributed by atoms with E-state index in [1.54, 1.807) is 28.9 Å². The van der Waals surface area contributed by atoms with Gasteiger partial charge in [-0.15, -0.1) is 11.3 Å². The van der Waals surface area contributed by atoms with Gasteiger partial charge in [0.15, 0.2) is 0 Å². The summed E-state index contributed by atoms with van der Waals surface area (Å²) < 4.78 is 31.0. The maximum absolute atomic E-state index is 12.4. The number of aromatic nitrogens is 1. The van der Waals surface area contributed by atoms with Crippen LogP contribution in [0.3, 0.4) is 0 Å². The number of hydrogen-bond acceptors (Lipinski definition) is 6. The average Bonchev–Trinajstić information content (AvgIpc) is 3.09. The molecule has 2 aromatic carbocycles.